The number of nitrogens with one attached hydrogen (secondary N) is 1. The van der Waals surface area contributed by atoms with Crippen LogP contribution in [0.4, 0.5) is 5.69 Å². The van der Waals surface area contributed by atoms with Gasteiger partial charge in [0, 0.05) is 37.4 Å². The van der Waals surface area contributed by atoms with E-state index in [9.17, 15) is 9.59 Å². The van der Waals surface area contributed by atoms with E-state index in [2.05, 4.69) is 25.8 Å². The van der Waals surface area contributed by atoms with Crippen molar-refractivity contribution < 1.29 is 9.59 Å². The number of aromatic nitrogens is 2. The highest BCUT2D eigenvalue weighted by Gasteiger charge is 2.52. The third-order valence-electron chi connectivity index (χ3n) is 6.79. The van der Waals surface area contributed by atoms with Crippen molar-refractivity contribution in [2.45, 2.75) is 51.1 Å². The van der Waals surface area contributed by atoms with Crippen LogP contribution < -0.4 is 10.2 Å². The number of amides is 2. The molecule has 5 rings (SSSR count). The molecule has 0 aromatic carbocycles. The van der Waals surface area contributed by atoms with Crippen molar-refractivity contribution in [3.8, 4) is 5.82 Å². The third kappa shape index (κ3) is 2.90. The Morgan fingerprint density at radius 3 is 2.83 bits per heavy atom. The smallest absolute Gasteiger partial charge is 0.239 e. The minimum absolute atomic E-state index is 0.0112. The average Bonchev–Trinajstić information content (AvgIpc) is 3.32. The molecule has 2 aliphatic heterocycles. The van der Waals surface area contributed by atoms with Gasteiger partial charge in [0.05, 0.1) is 17.9 Å². The van der Waals surface area contributed by atoms with Crippen molar-refractivity contribution in [3.63, 3.8) is 0 Å². The fraction of sp³-hybridized carbons (Fsp3) is 0.522. The zero-order chi connectivity index (χ0) is 20.9. The number of pyridine rings is 1. The molecule has 3 aliphatic rings. The van der Waals surface area contributed by atoms with Crippen LogP contribution in [0, 0.1) is 5.92 Å². The summed E-state index contributed by atoms with van der Waals surface area (Å²) in [6.07, 6.45) is 7.79. The van der Waals surface area contributed by atoms with Gasteiger partial charge in [-0.05, 0) is 57.4 Å². The highest BCUT2D eigenvalue weighted by Crippen LogP contribution is 2.47. The highest BCUT2D eigenvalue weighted by atomic mass is 16.2. The van der Waals surface area contributed by atoms with Crippen LogP contribution in [0.5, 0.6) is 0 Å². The number of likely N-dealkylation sites (tertiary alicyclic amines) is 1. The zero-order valence-corrected chi connectivity index (χ0v) is 17.7. The molecule has 30 heavy (non-hydrogen) atoms. The lowest BCUT2D eigenvalue weighted by Gasteiger charge is -2.47. The largest absolute Gasteiger partial charge is 0.352 e. The Balaban J connectivity index is 1.55. The van der Waals surface area contributed by atoms with E-state index in [-0.39, 0.29) is 30.3 Å². The lowest BCUT2D eigenvalue weighted by molar-refractivity contribution is -0.137. The Hall–Kier alpha value is -2.83. The van der Waals surface area contributed by atoms with Crippen LogP contribution in [0.3, 0.4) is 0 Å². The average molecular weight is 408 g/mol. The van der Waals surface area contributed by atoms with Crippen LogP contribution in [-0.2, 0) is 15.1 Å². The molecule has 0 bridgehead atoms. The molecule has 0 radical (unpaired) electrons. The molecular formula is C23H29N5O2. The van der Waals surface area contributed by atoms with E-state index >= 15 is 0 Å². The Labute approximate surface area is 177 Å². The van der Waals surface area contributed by atoms with Gasteiger partial charge in [0.25, 0.3) is 0 Å². The molecule has 1 atom stereocenters. The van der Waals surface area contributed by atoms with Crippen LogP contribution in [0.1, 0.15) is 45.2 Å². The number of nitrogens with zero attached hydrogens (tertiary/aromatic N) is 4. The van der Waals surface area contributed by atoms with E-state index in [1.165, 1.54) is 0 Å². The number of rotatable bonds is 4. The molecule has 1 unspecified atom stereocenters. The van der Waals surface area contributed by atoms with Crippen molar-refractivity contribution in [2.24, 2.45) is 5.92 Å². The summed E-state index contributed by atoms with van der Waals surface area (Å²) in [7, 11) is 0. The van der Waals surface area contributed by atoms with Crippen LogP contribution in [0.2, 0.25) is 0 Å². The fourth-order valence-electron chi connectivity index (χ4n) is 5.17. The summed E-state index contributed by atoms with van der Waals surface area (Å²) in [6.45, 7) is 5.51. The Bertz CT molecular complexity index is 979. The van der Waals surface area contributed by atoms with Gasteiger partial charge in [-0.15, -0.1) is 0 Å². The molecule has 1 N–H and O–H groups in total. The molecule has 2 aromatic heterocycles. The Kier molecular flexibility index (Phi) is 4.56. The van der Waals surface area contributed by atoms with E-state index in [0.717, 1.165) is 49.4 Å². The summed E-state index contributed by atoms with van der Waals surface area (Å²) in [5.41, 5.74) is 1.63. The van der Waals surface area contributed by atoms with Gasteiger partial charge in [-0.3, -0.25) is 9.59 Å². The number of anilines is 1. The number of carbonyl (C=O) groups is 2. The molecule has 1 spiro atoms. The first-order valence-corrected chi connectivity index (χ1v) is 11.0. The molecule has 4 heterocycles. The van der Waals surface area contributed by atoms with Crippen molar-refractivity contribution in [1.29, 1.82) is 0 Å². The van der Waals surface area contributed by atoms with Crippen LogP contribution >= 0.6 is 0 Å². The quantitative estimate of drug-likeness (QED) is 0.845. The first-order valence-electron chi connectivity index (χ1n) is 11.0. The first kappa shape index (κ1) is 19.2. The van der Waals surface area contributed by atoms with E-state index in [1.54, 1.807) is 6.20 Å². The van der Waals surface area contributed by atoms with E-state index in [4.69, 9.17) is 0 Å². The second-order valence-electron chi connectivity index (χ2n) is 9.09. The fourth-order valence-corrected chi connectivity index (χ4v) is 5.17. The van der Waals surface area contributed by atoms with Crippen LogP contribution in [0.25, 0.3) is 5.82 Å². The minimum Gasteiger partial charge on any atom is -0.352 e. The zero-order valence-electron chi connectivity index (χ0n) is 17.7. The molecule has 2 aromatic rings. The van der Waals surface area contributed by atoms with Crippen LogP contribution in [-0.4, -0.2) is 51.9 Å². The molecule has 1 aliphatic carbocycles. The highest BCUT2D eigenvalue weighted by molar-refractivity contribution is 5.84. The third-order valence-corrected chi connectivity index (χ3v) is 6.79. The van der Waals surface area contributed by atoms with Gasteiger partial charge in [0.2, 0.25) is 11.8 Å². The SMILES string of the molecule is CC(C)NC(=O)CN1c2cccnc2-n2cccc2C12CCN(C(=O)C1CCC1)C2. The number of hydrogen-bond donors (Lipinski definition) is 1. The van der Waals surface area contributed by atoms with Crippen molar-refractivity contribution in [2.75, 3.05) is 24.5 Å². The molecule has 1 saturated carbocycles. The van der Waals surface area contributed by atoms with Gasteiger partial charge in [-0.1, -0.05) is 6.42 Å². The van der Waals surface area contributed by atoms with E-state index in [0.29, 0.717) is 6.54 Å². The molecule has 158 valence electrons. The van der Waals surface area contributed by atoms with Gasteiger partial charge in [0.15, 0.2) is 5.82 Å². The van der Waals surface area contributed by atoms with Gasteiger partial charge in [-0.2, -0.15) is 0 Å². The van der Waals surface area contributed by atoms with Crippen molar-refractivity contribution in [3.05, 3.63) is 42.4 Å². The second kappa shape index (κ2) is 7.15. The summed E-state index contributed by atoms with van der Waals surface area (Å²) < 4.78 is 2.13. The van der Waals surface area contributed by atoms with Gasteiger partial charge < -0.3 is 19.7 Å². The number of fused-ring (bicyclic) bond motifs is 4. The topological polar surface area (TPSA) is 70.5 Å². The van der Waals surface area contributed by atoms with Crippen LogP contribution in [0.15, 0.2) is 36.7 Å². The summed E-state index contributed by atoms with van der Waals surface area (Å²) in [6, 6.07) is 8.18. The summed E-state index contributed by atoms with van der Waals surface area (Å²) in [4.78, 5) is 34.7. The first-order chi connectivity index (χ1) is 14.5. The lowest BCUT2D eigenvalue weighted by Crippen LogP contribution is -2.56. The van der Waals surface area contributed by atoms with E-state index in [1.807, 2.05) is 43.1 Å². The maximum absolute atomic E-state index is 13.0. The normalized spacial score (nSPS) is 22.8. The van der Waals surface area contributed by atoms with Gasteiger partial charge in [-0.25, -0.2) is 4.98 Å². The predicted molar refractivity (Wildman–Crippen MR) is 114 cm³/mol. The van der Waals surface area contributed by atoms with Gasteiger partial charge in [0.1, 0.15) is 5.54 Å². The number of hydrogen-bond acceptors (Lipinski definition) is 4. The minimum atomic E-state index is -0.423. The Morgan fingerprint density at radius 2 is 2.10 bits per heavy atom. The van der Waals surface area contributed by atoms with Crippen molar-refractivity contribution >= 4 is 17.5 Å². The van der Waals surface area contributed by atoms with E-state index < -0.39 is 5.54 Å². The standard InChI is InChI=1S/C23H29N5O2/c1-16(2)25-20(29)14-28-18-8-4-11-24-21(18)27-12-5-9-19(27)23(28)10-13-26(15-23)22(30)17-6-3-7-17/h4-5,8-9,11-12,16-17H,3,6-7,10,13-15H2,1-2H3,(H,25,29). The molecule has 1 saturated heterocycles. The second-order valence-corrected chi connectivity index (χ2v) is 9.09. The summed E-state index contributed by atoms with van der Waals surface area (Å²) in [5, 5.41) is 3.03. The molecule has 2 fully saturated rings. The summed E-state index contributed by atoms with van der Waals surface area (Å²) in [5.74, 6) is 1.29. The molecule has 7 nitrogen and oxygen atoms in total. The monoisotopic (exact) mass is 407 g/mol. The maximum atomic E-state index is 13.0. The lowest BCUT2D eigenvalue weighted by atomic mass is 9.84. The Morgan fingerprint density at radius 1 is 1.27 bits per heavy atom. The number of carbonyl (C=O) groups excluding carboxylic acids is 2. The van der Waals surface area contributed by atoms with Crippen molar-refractivity contribution in [1.82, 2.24) is 19.8 Å². The molecule has 2 amide bonds. The van der Waals surface area contributed by atoms with Gasteiger partial charge >= 0.3 is 0 Å². The molecule has 7 heteroatoms. The predicted octanol–water partition coefficient (Wildman–Crippen LogP) is 2.44. The molecular weight excluding hydrogens is 378 g/mol. The maximum Gasteiger partial charge on any atom is 0.239 e. The summed E-state index contributed by atoms with van der Waals surface area (Å²) >= 11 is 0.